The van der Waals surface area contributed by atoms with Crippen molar-refractivity contribution in [2.75, 3.05) is 10.2 Å². The quantitative estimate of drug-likeness (QED) is 0.749. The van der Waals surface area contributed by atoms with E-state index in [0.29, 0.717) is 28.3 Å². The number of fused-ring (bicyclic) bond motifs is 1. The molecule has 28 heavy (non-hydrogen) atoms. The first-order valence-electron chi connectivity index (χ1n) is 9.47. The molecule has 6 nitrogen and oxygen atoms in total. The minimum Gasteiger partial charge on any atom is -0.347 e. The molecule has 1 fully saturated rings. The van der Waals surface area contributed by atoms with Crippen LogP contribution in [-0.4, -0.2) is 21.9 Å². The van der Waals surface area contributed by atoms with E-state index in [1.807, 2.05) is 24.0 Å². The van der Waals surface area contributed by atoms with E-state index < -0.39 is 0 Å². The fourth-order valence-electron chi connectivity index (χ4n) is 4.28. The highest BCUT2D eigenvalue weighted by Crippen LogP contribution is 2.50. The second-order valence-corrected chi connectivity index (χ2v) is 8.09. The van der Waals surface area contributed by atoms with Gasteiger partial charge in [-0.25, -0.2) is 14.8 Å². The van der Waals surface area contributed by atoms with E-state index in [2.05, 4.69) is 27.1 Å². The molecule has 3 atom stereocenters. The Balaban J connectivity index is 1.81. The summed E-state index contributed by atoms with van der Waals surface area (Å²) in [5, 5.41) is 3.98. The predicted octanol–water partition coefficient (Wildman–Crippen LogP) is 4.92. The molecule has 7 heteroatoms. The van der Waals surface area contributed by atoms with Gasteiger partial charge in [0.1, 0.15) is 0 Å². The molecule has 2 aliphatic rings. The normalized spacial score (nSPS) is 23.7. The van der Waals surface area contributed by atoms with Gasteiger partial charge in [-0.15, -0.1) is 0 Å². The van der Waals surface area contributed by atoms with Crippen molar-refractivity contribution in [1.82, 2.24) is 9.97 Å². The highest BCUT2D eigenvalue weighted by molar-refractivity contribution is 6.31. The van der Waals surface area contributed by atoms with E-state index in [0.717, 1.165) is 24.1 Å². The van der Waals surface area contributed by atoms with Gasteiger partial charge in [0.05, 0.1) is 29.5 Å². The zero-order valence-electron chi connectivity index (χ0n) is 16.1. The number of aryl methyl sites for hydroxylation is 1. The largest absolute Gasteiger partial charge is 0.347 e. The van der Waals surface area contributed by atoms with Crippen molar-refractivity contribution in [2.45, 2.75) is 45.7 Å². The van der Waals surface area contributed by atoms with Gasteiger partial charge in [0, 0.05) is 24.6 Å². The van der Waals surface area contributed by atoms with E-state index in [1.54, 1.807) is 19.2 Å². The summed E-state index contributed by atoms with van der Waals surface area (Å²) >= 11 is 6.07. The lowest BCUT2D eigenvalue weighted by molar-refractivity contribution is -0.117. The van der Waals surface area contributed by atoms with Crippen molar-refractivity contribution >= 4 is 34.8 Å². The smallest absolute Gasteiger partial charge is 0.224 e. The van der Waals surface area contributed by atoms with E-state index in [4.69, 9.17) is 18.2 Å². The molecule has 0 bridgehead atoms. The SMILES string of the molecule is [C-]#[N+]c1ccc2c(c1)[C@H](Nc1ncc(Cl)c(C)n1)[C@@H](C)[C@H](C1CC1)N2C(C)=O. The first-order valence-corrected chi connectivity index (χ1v) is 9.85. The fraction of sp³-hybridized carbons (Fsp3) is 0.429. The van der Waals surface area contributed by atoms with Crippen LogP contribution in [0.15, 0.2) is 24.4 Å². The standard InChI is InChI=1S/C21H22ClN5O/c1-11-19(26-21-24-10-17(22)12(2)25-21)16-9-15(23-4)7-8-18(16)27(13(3)28)20(11)14-5-6-14/h7-11,14,19-20H,5-6H2,1-3H3,(H,24,25,26)/t11-,19-,20-/m1/s1. The topological polar surface area (TPSA) is 62.5 Å². The lowest BCUT2D eigenvalue weighted by Gasteiger charge is -2.45. The number of anilines is 2. The third-order valence-corrected chi connectivity index (χ3v) is 6.12. The average molecular weight is 396 g/mol. The van der Waals surface area contributed by atoms with Crippen LogP contribution in [0.2, 0.25) is 5.02 Å². The lowest BCUT2D eigenvalue weighted by atomic mass is 9.80. The molecule has 1 aliphatic heterocycles. The number of benzene rings is 1. The van der Waals surface area contributed by atoms with Gasteiger partial charge in [-0.2, -0.15) is 0 Å². The van der Waals surface area contributed by atoms with Gasteiger partial charge in [-0.3, -0.25) is 4.79 Å². The average Bonchev–Trinajstić information content (AvgIpc) is 3.50. The minimum absolute atomic E-state index is 0.0394. The summed E-state index contributed by atoms with van der Waals surface area (Å²) in [6.07, 6.45) is 3.87. The molecule has 1 aromatic heterocycles. The number of rotatable bonds is 3. The Bertz CT molecular complexity index is 981. The summed E-state index contributed by atoms with van der Waals surface area (Å²) in [4.78, 5) is 26.9. The van der Waals surface area contributed by atoms with Crippen molar-refractivity contribution < 1.29 is 4.79 Å². The molecule has 1 amide bonds. The maximum absolute atomic E-state index is 12.6. The second-order valence-electron chi connectivity index (χ2n) is 7.68. The number of hydrogen-bond acceptors (Lipinski definition) is 4. The van der Waals surface area contributed by atoms with Crippen LogP contribution in [-0.2, 0) is 4.79 Å². The van der Waals surface area contributed by atoms with E-state index >= 15 is 0 Å². The van der Waals surface area contributed by atoms with Crippen molar-refractivity contribution in [1.29, 1.82) is 0 Å². The van der Waals surface area contributed by atoms with E-state index in [-0.39, 0.29) is 23.9 Å². The molecule has 2 heterocycles. The van der Waals surface area contributed by atoms with E-state index in [9.17, 15) is 4.79 Å². The van der Waals surface area contributed by atoms with Crippen LogP contribution in [0.5, 0.6) is 0 Å². The van der Waals surface area contributed by atoms with Gasteiger partial charge in [-0.05, 0) is 43.4 Å². The molecule has 2 aromatic rings. The van der Waals surface area contributed by atoms with Crippen LogP contribution in [0.25, 0.3) is 4.85 Å². The molecule has 144 valence electrons. The molecular weight excluding hydrogens is 374 g/mol. The maximum Gasteiger partial charge on any atom is 0.224 e. The highest BCUT2D eigenvalue weighted by Gasteiger charge is 2.47. The first-order chi connectivity index (χ1) is 13.4. The summed E-state index contributed by atoms with van der Waals surface area (Å²) in [7, 11) is 0. The van der Waals surface area contributed by atoms with Crippen molar-refractivity contribution in [3.8, 4) is 0 Å². The number of carbonyl (C=O) groups is 1. The minimum atomic E-state index is -0.0986. The van der Waals surface area contributed by atoms with Crippen molar-refractivity contribution in [3.63, 3.8) is 0 Å². The summed E-state index contributed by atoms with van der Waals surface area (Å²) in [5.74, 6) is 1.19. The van der Waals surface area contributed by atoms with Crippen LogP contribution < -0.4 is 10.2 Å². The summed E-state index contributed by atoms with van der Waals surface area (Å²) in [6, 6.07) is 5.57. The van der Waals surface area contributed by atoms with Crippen molar-refractivity contribution in [2.24, 2.45) is 11.8 Å². The number of nitrogens with zero attached hydrogens (tertiary/aromatic N) is 4. The van der Waals surface area contributed by atoms with Gasteiger partial charge in [0.25, 0.3) is 0 Å². The van der Waals surface area contributed by atoms with Crippen LogP contribution in [0.3, 0.4) is 0 Å². The van der Waals surface area contributed by atoms with Crippen LogP contribution in [0, 0.1) is 25.3 Å². The molecular formula is C21H22ClN5O. The molecule has 1 saturated carbocycles. The number of aromatic nitrogens is 2. The number of amides is 1. The molecule has 0 radical (unpaired) electrons. The summed E-state index contributed by atoms with van der Waals surface area (Å²) in [6.45, 7) is 13.0. The Morgan fingerprint density at radius 2 is 2.14 bits per heavy atom. The fourth-order valence-corrected chi connectivity index (χ4v) is 4.37. The molecule has 4 rings (SSSR count). The number of halogens is 1. The highest BCUT2D eigenvalue weighted by atomic mass is 35.5. The van der Waals surface area contributed by atoms with Crippen molar-refractivity contribution in [3.05, 3.63) is 52.1 Å². The summed E-state index contributed by atoms with van der Waals surface area (Å²) < 4.78 is 0. The molecule has 0 unspecified atom stereocenters. The Kier molecular flexibility index (Phi) is 4.72. The molecule has 1 aromatic carbocycles. The van der Waals surface area contributed by atoms with Crippen LogP contribution >= 0.6 is 11.6 Å². The zero-order valence-corrected chi connectivity index (χ0v) is 16.9. The zero-order chi connectivity index (χ0) is 20.0. The summed E-state index contributed by atoms with van der Waals surface area (Å²) in [5.41, 5.74) is 3.07. The molecule has 1 N–H and O–H groups in total. The van der Waals surface area contributed by atoms with E-state index in [1.165, 1.54) is 0 Å². The third kappa shape index (κ3) is 3.20. The van der Waals surface area contributed by atoms with Gasteiger partial charge in [0.2, 0.25) is 11.9 Å². The predicted molar refractivity (Wildman–Crippen MR) is 110 cm³/mol. The second kappa shape index (κ2) is 7.06. The van der Waals surface area contributed by atoms with Crippen LogP contribution in [0.4, 0.5) is 17.3 Å². The monoisotopic (exact) mass is 395 g/mol. The molecule has 1 aliphatic carbocycles. The Morgan fingerprint density at radius 1 is 1.39 bits per heavy atom. The maximum atomic E-state index is 12.6. The first kappa shape index (κ1) is 18.7. The lowest BCUT2D eigenvalue weighted by Crippen LogP contribution is -2.51. The van der Waals surface area contributed by atoms with Gasteiger partial charge < -0.3 is 10.2 Å². The number of carbonyl (C=O) groups excluding carboxylic acids is 1. The number of hydrogen-bond donors (Lipinski definition) is 1. The van der Waals surface area contributed by atoms with Gasteiger partial charge in [0.15, 0.2) is 5.69 Å². The third-order valence-electron chi connectivity index (χ3n) is 5.75. The van der Waals surface area contributed by atoms with Gasteiger partial charge in [-0.1, -0.05) is 24.6 Å². The Morgan fingerprint density at radius 3 is 2.75 bits per heavy atom. The van der Waals surface area contributed by atoms with Crippen LogP contribution in [0.1, 0.15) is 44.0 Å². The molecule has 0 spiro atoms. The number of nitrogens with one attached hydrogen (secondary N) is 1. The Hall–Kier alpha value is -2.65. The molecule has 0 saturated heterocycles. The van der Waals surface area contributed by atoms with Gasteiger partial charge >= 0.3 is 0 Å². The Labute approximate surface area is 169 Å².